The molecule has 0 aliphatic carbocycles. The van der Waals surface area contributed by atoms with Crippen LogP contribution in [0.25, 0.3) is 0 Å². The molecular weight excluding hydrogens is 421 g/mol. The first-order valence-corrected chi connectivity index (χ1v) is 10.2. The van der Waals surface area contributed by atoms with Gasteiger partial charge in [-0.1, -0.05) is 0 Å². The molecule has 1 aromatic heterocycles. The number of hydrogen-bond acceptors (Lipinski definition) is 6. The second kappa shape index (κ2) is 10.0. The lowest BCUT2D eigenvalue weighted by molar-refractivity contribution is -0.192. The lowest BCUT2D eigenvalue weighted by atomic mass is 9.87. The van der Waals surface area contributed by atoms with Gasteiger partial charge in [0.2, 0.25) is 0 Å². The second-order valence-electron chi connectivity index (χ2n) is 8.16. The van der Waals surface area contributed by atoms with Crippen molar-refractivity contribution in [3.05, 3.63) is 24.2 Å². The van der Waals surface area contributed by atoms with Gasteiger partial charge in [0.15, 0.2) is 0 Å². The van der Waals surface area contributed by atoms with E-state index in [1.807, 2.05) is 17.0 Å². The summed E-state index contributed by atoms with van der Waals surface area (Å²) in [6.07, 6.45) is -0.696. The summed E-state index contributed by atoms with van der Waals surface area (Å²) < 4.78 is 48.7. The van der Waals surface area contributed by atoms with Crippen molar-refractivity contribution in [2.45, 2.75) is 38.1 Å². The zero-order valence-electron chi connectivity index (χ0n) is 17.1. The minimum atomic E-state index is -5.08. The molecule has 2 unspecified atom stereocenters. The largest absolute Gasteiger partial charge is 0.490 e. The summed E-state index contributed by atoms with van der Waals surface area (Å²) in [6.45, 7) is 6.32. The topological polar surface area (TPSA) is 92.5 Å². The Morgan fingerprint density at radius 2 is 2.00 bits per heavy atom. The van der Waals surface area contributed by atoms with E-state index in [-0.39, 0.29) is 17.4 Å². The van der Waals surface area contributed by atoms with Crippen molar-refractivity contribution in [3.63, 3.8) is 0 Å². The standard InChI is InChI=1S/C18H26N2O4.C2HF3O2/c21-17(16-4-2-9-24-16)20-7-10-22-14-18(13-20)5-6-19(12-18)11-15-3-1-8-23-15;3-2(4,5)1(6)7/h1,3,8,16H,2,4-7,9-14H2;(H,6,7). The van der Waals surface area contributed by atoms with Crippen molar-refractivity contribution >= 4 is 11.9 Å². The van der Waals surface area contributed by atoms with E-state index in [2.05, 4.69) is 4.90 Å². The number of carboxylic acids is 1. The summed E-state index contributed by atoms with van der Waals surface area (Å²) in [5, 5.41) is 7.12. The van der Waals surface area contributed by atoms with Crippen LogP contribution in [-0.4, -0.2) is 85.1 Å². The Morgan fingerprint density at radius 3 is 2.61 bits per heavy atom. The monoisotopic (exact) mass is 448 g/mol. The minimum absolute atomic E-state index is 0.0390. The van der Waals surface area contributed by atoms with E-state index in [4.69, 9.17) is 23.8 Å². The summed E-state index contributed by atoms with van der Waals surface area (Å²) in [5.41, 5.74) is 0.0390. The zero-order valence-corrected chi connectivity index (χ0v) is 17.1. The third kappa shape index (κ3) is 6.44. The highest BCUT2D eigenvalue weighted by Crippen LogP contribution is 2.34. The van der Waals surface area contributed by atoms with Crippen molar-refractivity contribution in [2.75, 3.05) is 46.0 Å². The number of alkyl halides is 3. The molecule has 31 heavy (non-hydrogen) atoms. The second-order valence-corrected chi connectivity index (χ2v) is 8.16. The van der Waals surface area contributed by atoms with Crippen molar-refractivity contribution in [1.82, 2.24) is 9.80 Å². The van der Waals surface area contributed by atoms with Gasteiger partial charge in [-0.05, 0) is 37.9 Å². The van der Waals surface area contributed by atoms with E-state index < -0.39 is 12.1 Å². The lowest BCUT2D eigenvalue weighted by Crippen LogP contribution is -2.46. The molecule has 0 bridgehead atoms. The molecule has 1 amide bonds. The van der Waals surface area contributed by atoms with Crippen molar-refractivity contribution < 1.29 is 41.8 Å². The number of carbonyl (C=O) groups excluding carboxylic acids is 1. The SMILES string of the molecule is O=C(C1CCCO1)N1CCOCC2(CCN(Cc3ccco3)C2)C1.O=C(O)C(F)(F)F. The predicted molar refractivity (Wildman–Crippen MR) is 101 cm³/mol. The van der Waals surface area contributed by atoms with E-state index in [1.165, 1.54) is 0 Å². The molecule has 2 atom stereocenters. The highest BCUT2D eigenvalue weighted by molar-refractivity contribution is 5.81. The van der Waals surface area contributed by atoms with Crippen LogP contribution >= 0.6 is 0 Å². The predicted octanol–water partition coefficient (Wildman–Crippen LogP) is 2.14. The Balaban J connectivity index is 0.000000339. The van der Waals surface area contributed by atoms with Crippen molar-refractivity contribution in [2.24, 2.45) is 5.41 Å². The molecule has 0 saturated carbocycles. The van der Waals surface area contributed by atoms with Gasteiger partial charge in [0.05, 0.1) is 26.0 Å². The van der Waals surface area contributed by atoms with E-state index in [0.29, 0.717) is 19.8 Å². The van der Waals surface area contributed by atoms with Gasteiger partial charge in [-0.15, -0.1) is 0 Å². The van der Waals surface area contributed by atoms with Crippen LogP contribution in [0.3, 0.4) is 0 Å². The third-order valence-electron chi connectivity index (χ3n) is 5.68. The molecule has 1 aromatic rings. The molecule has 0 aromatic carbocycles. The molecule has 3 aliphatic rings. The smallest absolute Gasteiger partial charge is 0.475 e. The van der Waals surface area contributed by atoms with Gasteiger partial charge in [-0.25, -0.2) is 4.79 Å². The number of aliphatic carboxylic acids is 1. The number of halogens is 3. The maximum absolute atomic E-state index is 12.7. The van der Waals surface area contributed by atoms with Crippen LogP contribution in [0, 0.1) is 5.41 Å². The summed E-state index contributed by atoms with van der Waals surface area (Å²) in [5.74, 6) is -1.61. The Bertz CT molecular complexity index is 736. The quantitative estimate of drug-likeness (QED) is 0.758. The zero-order chi connectivity index (χ0) is 22.5. The number of hydrogen-bond donors (Lipinski definition) is 1. The number of carbonyl (C=O) groups is 2. The Morgan fingerprint density at radius 1 is 1.23 bits per heavy atom. The Hall–Kier alpha value is -2.11. The maximum atomic E-state index is 12.7. The van der Waals surface area contributed by atoms with E-state index in [9.17, 15) is 18.0 Å². The first-order valence-electron chi connectivity index (χ1n) is 10.2. The van der Waals surface area contributed by atoms with Crippen LogP contribution in [0.1, 0.15) is 25.0 Å². The lowest BCUT2D eigenvalue weighted by Gasteiger charge is -2.33. The van der Waals surface area contributed by atoms with Gasteiger partial charge in [-0.3, -0.25) is 9.69 Å². The third-order valence-corrected chi connectivity index (χ3v) is 5.68. The molecule has 174 valence electrons. The normalized spacial score (nSPS) is 27.1. The van der Waals surface area contributed by atoms with E-state index >= 15 is 0 Å². The van der Waals surface area contributed by atoms with Crippen LogP contribution in [-0.2, 0) is 25.6 Å². The number of rotatable bonds is 3. The Labute approximate surface area is 177 Å². The number of furan rings is 1. The molecule has 8 nitrogen and oxygen atoms in total. The molecule has 0 radical (unpaired) electrons. The maximum Gasteiger partial charge on any atom is 0.490 e. The molecule has 1 spiro atoms. The number of carboxylic acid groups (broad SMARTS) is 1. The summed E-state index contributed by atoms with van der Waals surface area (Å²) in [7, 11) is 0. The molecule has 3 fully saturated rings. The van der Waals surface area contributed by atoms with Crippen LogP contribution in [0.5, 0.6) is 0 Å². The molecule has 1 N–H and O–H groups in total. The van der Waals surface area contributed by atoms with Gasteiger partial charge >= 0.3 is 12.1 Å². The summed E-state index contributed by atoms with van der Waals surface area (Å²) in [6, 6.07) is 3.94. The average molecular weight is 448 g/mol. The molecule has 11 heteroatoms. The highest BCUT2D eigenvalue weighted by Gasteiger charge is 2.43. The fourth-order valence-electron chi connectivity index (χ4n) is 4.19. The van der Waals surface area contributed by atoms with E-state index in [1.54, 1.807) is 6.26 Å². The fourth-order valence-corrected chi connectivity index (χ4v) is 4.19. The fraction of sp³-hybridized carbons (Fsp3) is 0.700. The molecule has 4 heterocycles. The summed E-state index contributed by atoms with van der Waals surface area (Å²) in [4.78, 5) is 26.0. The first kappa shape index (κ1) is 23.6. The number of nitrogens with zero attached hydrogens (tertiary/aromatic N) is 2. The average Bonchev–Trinajstić information content (AvgIpc) is 3.44. The summed E-state index contributed by atoms with van der Waals surface area (Å²) >= 11 is 0. The molecule has 4 rings (SSSR count). The molecular formula is C20H27F3N2O6. The number of amides is 1. The molecule has 3 aliphatic heterocycles. The van der Waals surface area contributed by atoms with Gasteiger partial charge in [0, 0.05) is 31.7 Å². The van der Waals surface area contributed by atoms with Gasteiger partial charge in [0.25, 0.3) is 5.91 Å². The highest BCUT2D eigenvalue weighted by atomic mass is 19.4. The van der Waals surface area contributed by atoms with Gasteiger partial charge in [-0.2, -0.15) is 13.2 Å². The van der Waals surface area contributed by atoms with Crippen LogP contribution in [0.4, 0.5) is 13.2 Å². The first-order chi connectivity index (χ1) is 14.7. The number of ether oxygens (including phenoxy) is 2. The minimum Gasteiger partial charge on any atom is -0.475 e. The number of likely N-dealkylation sites (tertiary alicyclic amines) is 1. The molecule has 3 saturated heterocycles. The van der Waals surface area contributed by atoms with E-state index in [0.717, 1.165) is 57.8 Å². The van der Waals surface area contributed by atoms with Crippen LogP contribution in [0.15, 0.2) is 22.8 Å². The van der Waals surface area contributed by atoms with Crippen molar-refractivity contribution in [3.8, 4) is 0 Å². The van der Waals surface area contributed by atoms with Gasteiger partial charge in [0.1, 0.15) is 11.9 Å². The van der Waals surface area contributed by atoms with Crippen LogP contribution in [0.2, 0.25) is 0 Å². The van der Waals surface area contributed by atoms with Gasteiger partial charge < -0.3 is 23.9 Å². The van der Waals surface area contributed by atoms with Crippen molar-refractivity contribution in [1.29, 1.82) is 0 Å². The Kier molecular flexibility index (Phi) is 7.60. The van der Waals surface area contributed by atoms with Crippen LogP contribution < -0.4 is 0 Å².